The maximum absolute atomic E-state index is 5.89. The molecule has 2 rings (SSSR count). The van der Waals surface area contributed by atoms with Crippen molar-refractivity contribution in [3.63, 3.8) is 0 Å². The van der Waals surface area contributed by atoms with E-state index in [1.807, 2.05) is 30.7 Å². The van der Waals surface area contributed by atoms with E-state index in [0.717, 1.165) is 29.2 Å². The maximum Gasteiger partial charge on any atom is 0.164 e. The molecule has 0 aliphatic rings. The molecule has 0 bridgehead atoms. The van der Waals surface area contributed by atoms with Crippen LogP contribution in [0.3, 0.4) is 0 Å². The van der Waals surface area contributed by atoms with Crippen molar-refractivity contribution in [2.75, 3.05) is 0 Å². The number of rotatable bonds is 6. The fourth-order valence-corrected chi connectivity index (χ4v) is 2.16. The lowest BCUT2D eigenvalue weighted by Gasteiger charge is -2.13. The van der Waals surface area contributed by atoms with Crippen LogP contribution in [0.1, 0.15) is 43.8 Å². The molecule has 114 valence electrons. The summed E-state index contributed by atoms with van der Waals surface area (Å²) < 4.78 is 7.77. The summed E-state index contributed by atoms with van der Waals surface area (Å²) in [7, 11) is 0. The van der Waals surface area contributed by atoms with Gasteiger partial charge in [0.05, 0.1) is 0 Å². The quantitative estimate of drug-likeness (QED) is 0.887. The first-order valence-electron chi connectivity index (χ1n) is 7.33. The first-order chi connectivity index (χ1) is 9.97. The molecule has 0 aliphatic carbocycles. The van der Waals surface area contributed by atoms with E-state index < -0.39 is 0 Å². The van der Waals surface area contributed by atoms with Crippen molar-refractivity contribution in [2.24, 2.45) is 11.7 Å². The highest BCUT2D eigenvalue weighted by Gasteiger charge is 2.09. The topological polar surface area (TPSA) is 66.0 Å². The lowest BCUT2D eigenvalue weighted by molar-refractivity contribution is 0.281. The summed E-state index contributed by atoms with van der Waals surface area (Å²) in [6.45, 7) is 9.59. The molecule has 21 heavy (non-hydrogen) atoms. The van der Waals surface area contributed by atoms with E-state index in [2.05, 4.69) is 30.0 Å². The fraction of sp³-hybridized carbons (Fsp3) is 0.500. The van der Waals surface area contributed by atoms with E-state index in [4.69, 9.17) is 10.5 Å². The lowest BCUT2D eigenvalue weighted by atomic mass is 10.1. The van der Waals surface area contributed by atoms with Crippen molar-refractivity contribution in [3.8, 4) is 5.75 Å². The Hall–Kier alpha value is -1.88. The van der Waals surface area contributed by atoms with Crippen LogP contribution < -0.4 is 10.5 Å². The summed E-state index contributed by atoms with van der Waals surface area (Å²) in [5, 5.41) is 4.24. The number of ether oxygens (including phenoxy) is 1. The Balaban J connectivity index is 2.05. The third kappa shape index (κ3) is 4.04. The average Bonchev–Trinajstić information content (AvgIpc) is 2.83. The van der Waals surface area contributed by atoms with Crippen molar-refractivity contribution in [1.82, 2.24) is 14.8 Å². The molecule has 1 atom stereocenters. The molecule has 1 heterocycles. The van der Waals surface area contributed by atoms with Gasteiger partial charge in [-0.3, -0.25) is 0 Å². The Morgan fingerprint density at radius 2 is 2.05 bits per heavy atom. The van der Waals surface area contributed by atoms with E-state index in [9.17, 15) is 0 Å². The first kappa shape index (κ1) is 15.5. The summed E-state index contributed by atoms with van der Waals surface area (Å²) in [6, 6.07) is 6.08. The first-order valence-corrected chi connectivity index (χ1v) is 7.33. The van der Waals surface area contributed by atoms with E-state index in [0.29, 0.717) is 12.5 Å². The van der Waals surface area contributed by atoms with Crippen LogP contribution >= 0.6 is 0 Å². The molecule has 0 saturated heterocycles. The Kier molecular flexibility index (Phi) is 4.96. The monoisotopic (exact) mass is 288 g/mol. The molecule has 2 aromatic rings. The van der Waals surface area contributed by atoms with Gasteiger partial charge in [0.25, 0.3) is 0 Å². The molecule has 0 radical (unpaired) electrons. The SMILES string of the molecule is Cc1cc(C(C)N)ccc1OCc1ncnn1CC(C)C. The molecule has 0 amide bonds. The normalized spacial score (nSPS) is 12.7. The smallest absolute Gasteiger partial charge is 0.164 e. The van der Waals surface area contributed by atoms with Crippen molar-refractivity contribution in [3.05, 3.63) is 41.5 Å². The van der Waals surface area contributed by atoms with E-state index in [1.165, 1.54) is 0 Å². The standard InChI is InChI=1S/C16H24N4O/c1-11(2)8-20-16(18-10-19-20)9-21-15-6-5-14(13(4)17)7-12(15)3/h5-7,10-11,13H,8-9,17H2,1-4H3. The minimum atomic E-state index is 0.0342. The van der Waals surface area contributed by atoms with Crippen LogP contribution in [0.2, 0.25) is 0 Å². The second-order valence-corrected chi connectivity index (χ2v) is 5.85. The molecule has 0 aliphatic heterocycles. The van der Waals surface area contributed by atoms with Crippen LogP contribution in [-0.2, 0) is 13.2 Å². The van der Waals surface area contributed by atoms with Crippen molar-refractivity contribution in [2.45, 2.75) is 46.9 Å². The number of benzene rings is 1. The summed E-state index contributed by atoms with van der Waals surface area (Å²) >= 11 is 0. The molecule has 0 fully saturated rings. The predicted molar refractivity (Wildman–Crippen MR) is 83.0 cm³/mol. The highest BCUT2D eigenvalue weighted by Crippen LogP contribution is 2.22. The molecule has 0 spiro atoms. The predicted octanol–water partition coefficient (Wildman–Crippen LogP) is 2.84. The zero-order valence-corrected chi connectivity index (χ0v) is 13.2. The third-order valence-electron chi connectivity index (χ3n) is 3.32. The fourth-order valence-electron chi connectivity index (χ4n) is 2.16. The molecule has 1 unspecified atom stereocenters. The lowest BCUT2D eigenvalue weighted by Crippen LogP contribution is -2.12. The highest BCUT2D eigenvalue weighted by atomic mass is 16.5. The third-order valence-corrected chi connectivity index (χ3v) is 3.32. The van der Waals surface area contributed by atoms with Gasteiger partial charge in [-0.2, -0.15) is 5.10 Å². The summed E-state index contributed by atoms with van der Waals surface area (Å²) in [4.78, 5) is 4.27. The molecule has 2 N–H and O–H groups in total. The van der Waals surface area contributed by atoms with Gasteiger partial charge >= 0.3 is 0 Å². The van der Waals surface area contributed by atoms with Crippen molar-refractivity contribution >= 4 is 0 Å². The average molecular weight is 288 g/mol. The van der Waals surface area contributed by atoms with Gasteiger partial charge in [-0.15, -0.1) is 0 Å². The van der Waals surface area contributed by atoms with Crippen LogP contribution in [0.4, 0.5) is 0 Å². The number of hydrogen-bond acceptors (Lipinski definition) is 4. The molecule has 5 heteroatoms. The van der Waals surface area contributed by atoms with Gasteiger partial charge in [0.2, 0.25) is 0 Å². The van der Waals surface area contributed by atoms with E-state index in [-0.39, 0.29) is 6.04 Å². The molecule has 1 aromatic heterocycles. The van der Waals surface area contributed by atoms with Crippen LogP contribution in [0, 0.1) is 12.8 Å². The van der Waals surface area contributed by atoms with Crippen LogP contribution in [0.15, 0.2) is 24.5 Å². The Labute approximate surface area is 126 Å². The highest BCUT2D eigenvalue weighted by molar-refractivity contribution is 5.37. The van der Waals surface area contributed by atoms with Crippen molar-refractivity contribution in [1.29, 1.82) is 0 Å². The zero-order chi connectivity index (χ0) is 15.4. The Bertz CT molecular complexity index is 590. The van der Waals surface area contributed by atoms with Gasteiger partial charge in [-0.05, 0) is 37.0 Å². The summed E-state index contributed by atoms with van der Waals surface area (Å²) in [5.41, 5.74) is 8.08. The molecule has 0 saturated carbocycles. The number of nitrogens with two attached hydrogens (primary N) is 1. The van der Waals surface area contributed by atoms with Gasteiger partial charge in [0.15, 0.2) is 5.82 Å². The van der Waals surface area contributed by atoms with Gasteiger partial charge in [0, 0.05) is 12.6 Å². The van der Waals surface area contributed by atoms with Gasteiger partial charge in [-0.25, -0.2) is 9.67 Å². The van der Waals surface area contributed by atoms with Crippen LogP contribution in [0.5, 0.6) is 5.75 Å². The number of hydrogen-bond donors (Lipinski definition) is 1. The molecule has 1 aromatic carbocycles. The second kappa shape index (κ2) is 6.72. The van der Waals surface area contributed by atoms with E-state index in [1.54, 1.807) is 6.33 Å². The largest absolute Gasteiger partial charge is 0.485 e. The van der Waals surface area contributed by atoms with Gasteiger partial charge in [-0.1, -0.05) is 26.0 Å². The molecular formula is C16H24N4O. The number of aryl methyl sites for hydroxylation is 1. The maximum atomic E-state index is 5.89. The number of nitrogens with zero attached hydrogens (tertiary/aromatic N) is 3. The van der Waals surface area contributed by atoms with Gasteiger partial charge < -0.3 is 10.5 Å². The van der Waals surface area contributed by atoms with Crippen molar-refractivity contribution < 1.29 is 4.74 Å². The zero-order valence-electron chi connectivity index (χ0n) is 13.2. The second-order valence-electron chi connectivity index (χ2n) is 5.85. The minimum absolute atomic E-state index is 0.0342. The van der Waals surface area contributed by atoms with Gasteiger partial charge in [0.1, 0.15) is 18.7 Å². The van der Waals surface area contributed by atoms with Crippen LogP contribution in [0.25, 0.3) is 0 Å². The van der Waals surface area contributed by atoms with E-state index >= 15 is 0 Å². The number of aromatic nitrogens is 3. The molecular weight excluding hydrogens is 264 g/mol. The minimum Gasteiger partial charge on any atom is -0.485 e. The molecule has 5 nitrogen and oxygen atoms in total. The summed E-state index contributed by atoms with van der Waals surface area (Å²) in [5.74, 6) is 2.23. The van der Waals surface area contributed by atoms with Crippen LogP contribution in [-0.4, -0.2) is 14.8 Å². The Morgan fingerprint density at radius 1 is 1.29 bits per heavy atom. The summed E-state index contributed by atoms with van der Waals surface area (Å²) in [6.07, 6.45) is 1.58. The Morgan fingerprint density at radius 3 is 2.67 bits per heavy atom.